The fourth-order valence-corrected chi connectivity index (χ4v) is 3.53. The van der Waals surface area contributed by atoms with Crippen molar-refractivity contribution in [3.63, 3.8) is 0 Å². The number of halogens is 2. The van der Waals surface area contributed by atoms with Crippen molar-refractivity contribution >= 4 is 36.0 Å². The zero-order valence-electron chi connectivity index (χ0n) is 15.9. The predicted octanol–water partition coefficient (Wildman–Crippen LogP) is 2.49. The summed E-state index contributed by atoms with van der Waals surface area (Å²) in [5.41, 5.74) is 7.28. The lowest BCUT2D eigenvalue weighted by molar-refractivity contribution is -0.136. The molecule has 1 saturated heterocycles. The quantitative estimate of drug-likeness (QED) is 0.714. The largest absolute Gasteiger partial charge is 0.352 e. The first kappa shape index (κ1) is 23.7. The molecule has 1 aromatic rings. The van der Waals surface area contributed by atoms with E-state index in [1.54, 1.807) is 29.7 Å². The molecule has 1 aromatic carbocycles. The van der Waals surface area contributed by atoms with Crippen LogP contribution < -0.4 is 11.1 Å². The highest BCUT2D eigenvalue weighted by Crippen LogP contribution is 2.19. The summed E-state index contributed by atoms with van der Waals surface area (Å²) in [6.07, 6.45) is 3.93. The Labute approximate surface area is 171 Å². The van der Waals surface area contributed by atoms with Gasteiger partial charge >= 0.3 is 0 Å². The number of nitrogens with two attached hydrogens (primary N) is 1. The Hall–Kier alpha value is -1.31. The number of likely N-dealkylation sites (tertiary alicyclic amines) is 1. The Kier molecular flexibility index (Phi) is 10.1. The molecule has 1 unspecified atom stereocenters. The highest BCUT2D eigenvalue weighted by Gasteiger charge is 2.29. The van der Waals surface area contributed by atoms with E-state index in [1.807, 2.05) is 12.3 Å². The molecule has 0 radical (unpaired) electrons. The standard InChI is InChI=1S/C19H28FN3O2S.ClH/c1-13-3-4-14(11-16(13)20)12-22-18(24)15-5-8-23(9-6-15)19(25)17(21)7-10-26-2;/h3-4,11,15,17H,5-10,12,21H2,1-2H3,(H,22,24);1H. The maximum absolute atomic E-state index is 13.6. The summed E-state index contributed by atoms with van der Waals surface area (Å²) in [7, 11) is 0. The third kappa shape index (κ3) is 6.97. The van der Waals surface area contributed by atoms with Gasteiger partial charge in [-0.1, -0.05) is 12.1 Å². The van der Waals surface area contributed by atoms with Crippen LogP contribution in [0.15, 0.2) is 18.2 Å². The average molecular weight is 418 g/mol. The third-order valence-corrected chi connectivity index (χ3v) is 5.47. The van der Waals surface area contributed by atoms with E-state index in [4.69, 9.17) is 5.73 Å². The number of hydrogen-bond acceptors (Lipinski definition) is 4. The summed E-state index contributed by atoms with van der Waals surface area (Å²) in [6, 6.07) is 4.52. The van der Waals surface area contributed by atoms with Crippen LogP contribution in [0.2, 0.25) is 0 Å². The van der Waals surface area contributed by atoms with Gasteiger partial charge in [-0.2, -0.15) is 11.8 Å². The number of thioether (sulfide) groups is 1. The van der Waals surface area contributed by atoms with Gasteiger partial charge in [0.05, 0.1) is 6.04 Å². The van der Waals surface area contributed by atoms with E-state index < -0.39 is 6.04 Å². The molecule has 1 aliphatic rings. The van der Waals surface area contributed by atoms with Gasteiger partial charge in [-0.15, -0.1) is 12.4 Å². The van der Waals surface area contributed by atoms with Crippen LogP contribution in [0.1, 0.15) is 30.4 Å². The van der Waals surface area contributed by atoms with Crippen LogP contribution in [0.5, 0.6) is 0 Å². The zero-order valence-corrected chi connectivity index (χ0v) is 17.5. The number of rotatable bonds is 7. The molecule has 0 aliphatic carbocycles. The van der Waals surface area contributed by atoms with Crippen LogP contribution in [0.3, 0.4) is 0 Å². The van der Waals surface area contributed by atoms with Gasteiger partial charge in [0.15, 0.2) is 0 Å². The first-order valence-corrected chi connectivity index (χ1v) is 10.4. The highest BCUT2D eigenvalue weighted by molar-refractivity contribution is 7.98. The third-order valence-electron chi connectivity index (χ3n) is 4.83. The second-order valence-electron chi connectivity index (χ2n) is 6.79. The lowest BCUT2D eigenvalue weighted by Gasteiger charge is -2.33. The minimum absolute atomic E-state index is 0. The maximum Gasteiger partial charge on any atom is 0.239 e. The highest BCUT2D eigenvalue weighted by atomic mass is 35.5. The van der Waals surface area contributed by atoms with E-state index >= 15 is 0 Å². The fraction of sp³-hybridized carbons (Fsp3) is 0.579. The van der Waals surface area contributed by atoms with E-state index in [9.17, 15) is 14.0 Å². The van der Waals surface area contributed by atoms with Crippen molar-refractivity contribution in [2.45, 2.75) is 38.8 Å². The maximum atomic E-state index is 13.6. The summed E-state index contributed by atoms with van der Waals surface area (Å²) in [5.74, 6) is 0.432. The molecule has 2 rings (SSSR count). The molecule has 2 amide bonds. The van der Waals surface area contributed by atoms with E-state index in [2.05, 4.69) is 5.32 Å². The number of amides is 2. The van der Waals surface area contributed by atoms with Crippen molar-refractivity contribution in [3.05, 3.63) is 35.1 Å². The van der Waals surface area contributed by atoms with Gasteiger partial charge in [0.25, 0.3) is 0 Å². The van der Waals surface area contributed by atoms with Gasteiger partial charge in [-0.25, -0.2) is 4.39 Å². The molecule has 5 nitrogen and oxygen atoms in total. The first-order valence-electron chi connectivity index (χ1n) is 8.98. The lowest BCUT2D eigenvalue weighted by atomic mass is 9.95. The van der Waals surface area contributed by atoms with Crippen molar-refractivity contribution in [1.82, 2.24) is 10.2 Å². The Bertz CT molecular complexity index is 639. The van der Waals surface area contributed by atoms with Crippen molar-refractivity contribution in [1.29, 1.82) is 0 Å². The minimum Gasteiger partial charge on any atom is -0.352 e. The molecule has 0 spiro atoms. The van der Waals surface area contributed by atoms with E-state index in [1.165, 1.54) is 6.07 Å². The molecule has 0 saturated carbocycles. The van der Waals surface area contributed by atoms with Crippen molar-refractivity contribution in [3.8, 4) is 0 Å². The van der Waals surface area contributed by atoms with Gasteiger partial charge < -0.3 is 16.0 Å². The van der Waals surface area contributed by atoms with Crippen LogP contribution in [0.25, 0.3) is 0 Å². The number of nitrogens with one attached hydrogen (secondary N) is 1. The van der Waals surface area contributed by atoms with Crippen LogP contribution in [-0.2, 0) is 16.1 Å². The summed E-state index contributed by atoms with van der Waals surface area (Å²) < 4.78 is 13.6. The number of carbonyl (C=O) groups excluding carboxylic acids is 2. The van der Waals surface area contributed by atoms with E-state index in [0.29, 0.717) is 44.5 Å². The Morgan fingerprint density at radius 3 is 2.63 bits per heavy atom. The second kappa shape index (κ2) is 11.5. The topological polar surface area (TPSA) is 75.4 Å². The van der Waals surface area contributed by atoms with Crippen molar-refractivity contribution in [2.24, 2.45) is 11.7 Å². The molecule has 1 atom stereocenters. The van der Waals surface area contributed by atoms with Crippen molar-refractivity contribution in [2.75, 3.05) is 25.1 Å². The number of aryl methyl sites for hydroxylation is 1. The predicted molar refractivity (Wildman–Crippen MR) is 111 cm³/mol. The summed E-state index contributed by atoms with van der Waals surface area (Å²) in [6.45, 7) is 3.14. The molecule has 1 heterocycles. The smallest absolute Gasteiger partial charge is 0.239 e. The van der Waals surface area contributed by atoms with E-state index in [0.717, 1.165) is 11.3 Å². The van der Waals surface area contributed by atoms with Crippen LogP contribution in [0, 0.1) is 18.7 Å². The molecule has 8 heteroatoms. The van der Waals surface area contributed by atoms with Gasteiger partial charge in [0.1, 0.15) is 5.82 Å². The molecule has 152 valence electrons. The summed E-state index contributed by atoms with van der Waals surface area (Å²) in [4.78, 5) is 26.4. The van der Waals surface area contributed by atoms with Gasteiger partial charge in [-0.05, 0) is 55.4 Å². The zero-order chi connectivity index (χ0) is 19.1. The lowest BCUT2D eigenvalue weighted by Crippen LogP contribution is -2.49. The summed E-state index contributed by atoms with van der Waals surface area (Å²) >= 11 is 1.68. The molecule has 3 N–H and O–H groups in total. The van der Waals surface area contributed by atoms with Gasteiger partial charge in [-0.3, -0.25) is 9.59 Å². The molecular weight excluding hydrogens is 389 g/mol. The minimum atomic E-state index is -0.454. The fourth-order valence-electron chi connectivity index (χ4n) is 3.04. The SMILES string of the molecule is CSCCC(N)C(=O)N1CCC(C(=O)NCc2ccc(C)c(F)c2)CC1.Cl. The Morgan fingerprint density at radius 2 is 2.04 bits per heavy atom. The molecule has 0 aromatic heterocycles. The second-order valence-corrected chi connectivity index (χ2v) is 7.77. The van der Waals surface area contributed by atoms with Crippen molar-refractivity contribution < 1.29 is 14.0 Å². The number of nitrogens with zero attached hydrogens (tertiary/aromatic N) is 1. The number of carbonyl (C=O) groups is 2. The molecule has 1 fully saturated rings. The van der Waals surface area contributed by atoms with E-state index in [-0.39, 0.29) is 36.0 Å². The van der Waals surface area contributed by atoms with Gasteiger partial charge in [0.2, 0.25) is 11.8 Å². The van der Waals surface area contributed by atoms with Gasteiger partial charge in [0, 0.05) is 25.6 Å². The first-order chi connectivity index (χ1) is 12.4. The van der Waals surface area contributed by atoms with Crippen LogP contribution in [-0.4, -0.2) is 47.9 Å². The molecule has 27 heavy (non-hydrogen) atoms. The number of piperidine rings is 1. The molecule has 0 bridgehead atoms. The molecular formula is C19H29ClFN3O2S. The molecule has 1 aliphatic heterocycles. The monoisotopic (exact) mass is 417 g/mol. The Morgan fingerprint density at radius 1 is 1.37 bits per heavy atom. The average Bonchev–Trinajstić information content (AvgIpc) is 2.66. The number of benzene rings is 1. The Balaban J connectivity index is 0.00000364. The van der Waals surface area contributed by atoms with Crippen LogP contribution >= 0.6 is 24.2 Å². The number of hydrogen-bond donors (Lipinski definition) is 2. The van der Waals surface area contributed by atoms with Crippen LogP contribution in [0.4, 0.5) is 4.39 Å². The summed E-state index contributed by atoms with van der Waals surface area (Å²) in [5, 5.41) is 2.87. The normalized spacial score (nSPS) is 15.8.